The average Bonchev–Trinajstić information content (AvgIpc) is 2.66. The molecule has 150 valence electrons. The molecule has 2 aliphatic rings. The largest absolute Gasteiger partial charge is 0.349 e. The van der Waals surface area contributed by atoms with E-state index >= 15 is 0 Å². The molecule has 1 aromatic rings. The van der Waals surface area contributed by atoms with Gasteiger partial charge < -0.3 is 5.32 Å². The van der Waals surface area contributed by atoms with Gasteiger partial charge in [0.05, 0.1) is 15.5 Å². The number of nitrogens with one attached hydrogen (secondary N) is 1. The van der Waals surface area contributed by atoms with Gasteiger partial charge in [0.25, 0.3) is 5.91 Å². The number of amides is 1. The van der Waals surface area contributed by atoms with Gasteiger partial charge in [-0.05, 0) is 49.3 Å². The Morgan fingerprint density at radius 1 is 1.11 bits per heavy atom. The van der Waals surface area contributed by atoms with E-state index in [9.17, 15) is 13.2 Å². The summed E-state index contributed by atoms with van der Waals surface area (Å²) < 4.78 is 27.3. The standard InChI is InChI=1S/C20H29ClN2O3S/c1-14-7-6-8-19(15(14)2)22-20(24)17-13-16(9-10-18(17)21)27(25,26)23-11-4-3-5-12-23/h9-10,13-15,19H,3-8,11-12H2,1-2H3,(H,22,24)/t14-,15-,19+/m1/s1. The van der Waals surface area contributed by atoms with Gasteiger partial charge in [-0.15, -0.1) is 0 Å². The van der Waals surface area contributed by atoms with Gasteiger partial charge in [0.2, 0.25) is 10.0 Å². The Balaban J connectivity index is 1.81. The number of carbonyl (C=O) groups excluding carboxylic acids is 1. The van der Waals surface area contributed by atoms with Crippen LogP contribution in [-0.2, 0) is 10.0 Å². The van der Waals surface area contributed by atoms with Crippen LogP contribution in [0.2, 0.25) is 5.02 Å². The minimum absolute atomic E-state index is 0.0969. The first-order valence-corrected chi connectivity index (χ1v) is 11.7. The quantitative estimate of drug-likeness (QED) is 0.810. The lowest BCUT2D eigenvalue weighted by Crippen LogP contribution is -2.43. The summed E-state index contributed by atoms with van der Waals surface area (Å²) in [7, 11) is -3.59. The van der Waals surface area contributed by atoms with E-state index in [-0.39, 0.29) is 27.4 Å². The molecular weight excluding hydrogens is 384 g/mol. The van der Waals surface area contributed by atoms with Crippen LogP contribution in [0.4, 0.5) is 0 Å². The van der Waals surface area contributed by atoms with E-state index in [1.165, 1.54) is 28.9 Å². The summed E-state index contributed by atoms with van der Waals surface area (Å²) in [6, 6.07) is 4.53. The van der Waals surface area contributed by atoms with Gasteiger partial charge in [0.15, 0.2) is 0 Å². The van der Waals surface area contributed by atoms with E-state index < -0.39 is 10.0 Å². The molecule has 1 saturated carbocycles. The highest BCUT2D eigenvalue weighted by Gasteiger charge is 2.30. The molecule has 7 heteroatoms. The van der Waals surface area contributed by atoms with Gasteiger partial charge in [-0.25, -0.2) is 8.42 Å². The zero-order valence-corrected chi connectivity index (χ0v) is 17.7. The van der Waals surface area contributed by atoms with Crippen molar-refractivity contribution in [3.63, 3.8) is 0 Å². The molecule has 1 aliphatic carbocycles. The maximum Gasteiger partial charge on any atom is 0.253 e. The molecule has 0 aromatic heterocycles. The molecule has 1 aliphatic heterocycles. The van der Waals surface area contributed by atoms with Crippen LogP contribution in [0.5, 0.6) is 0 Å². The molecule has 1 heterocycles. The molecular formula is C20H29ClN2O3S. The first kappa shape index (κ1) is 20.6. The molecule has 1 N–H and O–H groups in total. The van der Waals surface area contributed by atoms with Crippen LogP contribution >= 0.6 is 11.6 Å². The SMILES string of the molecule is C[C@@H]1[C@H](C)CCC[C@@H]1NC(=O)c1cc(S(=O)(=O)N2CCCCC2)ccc1Cl. The lowest BCUT2D eigenvalue weighted by molar-refractivity contribution is 0.0891. The normalized spacial score (nSPS) is 27.3. The minimum atomic E-state index is -3.59. The van der Waals surface area contributed by atoms with Crippen LogP contribution in [0.1, 0.15) is 62.7 Å². The molecule has 2 fully saturated rings. The summed E-state index contributed by atoms with van der Waals surface area (Å²) in [6.07, 6.45) is 6.01. The highest BCUT2D eigenvalue weighted by atomic mass is 35.5. The van der Waals surface area contributed by atoms with Crippen LogP contribution < -0.4 is 5.32 Å². The molecule has 1 saturated heterocycles. The molecule has 3 rings (SSSR count). The summed E-state index contributed by atoms with van der Waals surface area (Å²) in [5.74, 6) is 0.661. The number of sulfonamides is 1. The molecule has 0 unspecified atom stereocenters. The fraction of sp³-hybridized carbons (Fsp3) is 0.650. The maximum absolute atomic E-state index is 12.9. The Labute approximate surface area is 167 Å². The Kier molecular flexibility index (Phi) is 6.49. The van der Waals surface area contributed by atoms with Crippen LogP contribution in [-0.4, -0.2) is 37.8 Å². The zero-order valence-electron chi connectivity index (χ0n) is 16.1. The zero-order chi connectivity index (χ0) is 19.6. The van der Waals surface area contributed by atoms with Crippen molar-refractivity contribution in [2.75, 3.05) is 13.1 Å². The minimum Gasteiger partial charge on any atom is -0.349 e. The first-order valence-electron chi connectivity index (χ1n) is 9.91. The van der Waals surface area contributed by atoms with Gasteiger partial charge in [-0.2, -0.15) is 4.31 Å². The number of piperidine rings is 1. The van der Waals surface area contributed by atoms with E-state index in [0.29, 0.717) is 24.9 Å². The Morgan fingerprint density at radius 3 is 2.52 bits per heavy atom. The van der Waals surface area contributed by atoms with E-state index in [4.69, 9.17) is 11.6 Å². The fourth-order valence-corrected chi connectivity index (χ4v) is 5.87. The molecule has 27 heavy (non-hydrogen) atoms. The monoisotopic (exact) mass is 412 g/mol. The molecule has 0 radical (unpaired) electrons. The molecule has 1 aromatic carbocycles. The molecule has 0 bridgehead atoms. The maximum atomic E-state index is 12.9. The van der Waals surface area contributed by atoms with Gasteiger partial charge >= 0.3 is 0 Å². The van der Waals surface area contributed by atoms with Crippen molar-refractivity contribution in [1.29, 1.82) is 0 Å². The van der Waals surface area contributed by atoms with Crippen molar-refractivity contribution in [2.24, 2.45) is 11.8 Å². The summed E-state index contributed by atoms with van der Waals surface area (Å²) in [5, 5.41) is 3.36. The Bertz CT molecular complexity index is 790. The van der Waals surface area contributed by atoms with Gasteiger partial charge in [-0.3, -0.25) is 4.79 Å². The van der Waals surface area contributed by atoms with Crippen molar-refractivity contribution in [1.82, 2.24) is 9.62 Å². The molecule has 1 amide bonds. The van der Waals surface area contributed by atoms with E-state index in [1.54, 1.807) is 0 Å². The predicted octanol–water partition coefficient (Wildman–Crippen LogP) is 4.07. The number of benzene rings is 1. The second kappa shape index (κ2) is 8.50. The summed E-state index contributed by atoms with van der Waals surface area (Å²) in [6.45, 7) is 5.43. The van der Waals surface area contributed by atoms with Crippen molar-refractivity contribution < 1.29 is 13.2 Å². The number of rotatable bonds is 4. The third-order valence-corrected chi connectivity index (χ3v) is 8.38. The van der Waals surface area contributed by atoms with Crippen molar-refractivity contribution in [2.45, 2.75) is 63.3 Å². The van der Waals surface area contributed by atoms with Crippen molar-refractivity contribution in [3.05, 3.63) is 28.8 Å². The number of nitrogens with zero attached hydrogens (tertiary/aromatic N) is 1. The Hall–Kier alpha value is -1.11. The van der Waals surface area contributed by atoms with Gasteiger partial charge in [-0.1, -0.05) is 44.7 Å². The fourth-order valence-electron chi connectivity index (χ4n) is 4.13. The van der Waals surface area contributed by atoms with Crippen LogP contribution in [0.15, 0.2) is 23.1 Å². The van der Waals surface area contributed by atoms with Crippen molar-refractivity contribution in [3.8, 4) is 0 Å². The van der Waals surface area contributed by atoms with E-state index in [1.807, 2.05) is 0 Å². The number of halogens is 1. The van der Waals surface area contributed by atoms with Gasteiger partial charge in [0, 0.05) is 19.1 Å². The topological polar surface area (TPSA) is 66.5 Å². The second-order valence-electron chi connectivity index (χ2n) is 7.95. The van der Waals surface area contributed by atoms with E-state index in [0.717, 1.165) is 32.1 Å². The number of hydrogen-bond acceptors (Lipinski definition) is 3. The lowest BCUT2D eigenvalue weighted by Gasteiger charge is -2.34. The highest BCUT2D eigenvalue weighted by molar-refractivity contribution is 7.89. The Morgan fingerprint density at radius 2 is 1.81 bits per heavy atom. The summed E-state index contributed by atoms with van der Waals surface area (Å²) in [5.41, 5.74) is 0.236. The van der Waals surface area contributed by atoms with E-state index in [2.05, 4.69) is 19.2 Å². The third kappa shape index (κ3) is 4.49. The van der Waals surface area contributed by atoms with Crippen LogP contribution in [0.25, 0.3) is 0 Å². The van der Waals surface area contributed by atoms with Crippen molar-refractivity contribution >= 4 is 27.5 Å². The third-order valence-electron chi connectivity index (χ3n) is 6.16. The lowest BCUT2D eigenvalue weighted by atomic mass is 9.78. The smallest absolute Gasteiger partial charge is 0.253 e. The predicted molar refractivity (Wildman–Crippen MR) is 107 cm³/mol. The van der Waals surface area contributed by atoms with Crippen LogP contribution in [0, 0.1) is 11.8 Å². The number of carbonyl (C=O) groups is 1. The molecule has 5 nitrogen and oxygen atoms in total. The van der Waals surface area contributed by atoms with Gasteiger partial charge in [0.1, 0.15) is 0 Å². The summed E-state index contributed by atoms with van der Waals surface area (Å²) in [4.78, 5) is 13.0. The second-order valence-corrected chi connectivity index (χ2v) is 10.3. The number of hydrogen-bond donors (Lipinski definition) is 1. The summed E-state index contributed by atoms with van der Waals surface area (Å²) >= 11 is 6.24. The molecule has 3 atom stereocenters. The van der Waals surface area contributed by atoms with Crippen LogP contribution in [0.3, 0.4) is 0 Å². The first-order chi connectivity index (χ1) is 12.8. The highest BCUT2D eigenvalue weighted by Crippen LogP contribution is 2.30. The average molecular weight is 413 g/mol. The molecule has 0 spiro atoms.